The number of benzene rings is 2. The second-order valence-electron chi connectivity index (χ2n) is 7.22. The molecule has 5 rings (SSSR count). The van der Waals surface area contributed by atoms with Gasteiger partial charge in [0.25, 0.3) is 0 Å². The van der Waals surface area contributed by atoms with Gasteiger partial charge in [-0.15, -0.1) is 0 Å². The molecule has 8 heteroatoms. The number of nitrogens with one attached hydrogen (secondary N) is 1. The molecule has 154 valence electrons. The van der Waals surface area contributed by atoms with E-state index in [0.29, 0.717) is 11.5 Å². The van der Waals surface area contributed by atoms with Gasteiger partial charge < -0.3 is 24.3 Å². The van der Waals surface area contributed by atoms with E-state index in [4.69, 9.17) is 21.1 Å². The molecule has 0 spiro atoms. The van der Waals surface area contributed by atoms with Crippen molar-refractivity contribution in [3.05, 3.63) is 47.7 Å². The van der Waals surface area contributed by atoms with E-state index < -0.39 is 0 Å². The van der Waals surface area contributed by atoms with Gasteiger partial charge in [0.2, 0.25) is 0 Å². The Hall–Kier alpha value is -3.19. The van der Waals surface area contributed by atoms with Crippen molar-refractivity contribution in [2.75, 3.05) is 50.2 Å². The van der Waals surface area contributed by atoms with Crippen LogP contribution in [0.4, 0.5) is 11.5 Å². The molecule has 1 aliphatic rings. The molecule has 1 N–H and O–H groups in total. The molecule has 0 atom stereocenters. The molecule has 1 aliphatic heterocycles. The summed E-state index contributed by atoms with van der Waals surface area (Å²) in [6.07, 6.45) is 1.63. The van der Waals surface area contributed by atoms with Crippen LogP contribution in [-0.2, 0) is 0 Å². The van der Waals surface area contributed by atoms with Crippen molar-refractivity contribution in [2.24, 2.45) is 0 Å². The summed E-state index contributed by atoms with van der Waals surface area (Å²) >= 11 is 6.38. The highest BCUT2D eigenvalue weighted by molar-refractivity contribution is 6.33. The van der Waals surface area contributed by atoms with Crippen LogP contribution < -0.4 is 19.3 Å². The highest BCUT2D eigenvalue weighted by Crippen LogP contribution is 2.37. The number of ether oxygens (including phenoxy) is 2. The number of rotatable bonds is 4. The zero-order valence-electron chi connectivity index (χ0n) is 16.9. The summed E-state index contributed by atoms with van der Waals surface area (Å²) in [5.41, 5.74) is 3.83. The summed E-state index contributed by atoms with van der Waals surface area (Å²) in [7, 11) is 3.27. The van der Waals surface area contributed by atoms with Crippen LogP contribution in [-0.4, -0.2) is 55.4 Å². The molecule has 0 radical (unpaired) electrons. The number of para-hydroxylation sites is 1. The Morgan fingerprint density at radius 2 is 1.63 bits per heavy atom. The van der Waals surface area contributed by atoms with E-state index in [1.807, 2.05) is 30.3 Å². The summed E-state index contributed by atoms with van der Waals surface area (Å²) in [6.45, 7) is 3.44. The van der Waals surface area contributed by atoms with E-state index >= 15 is 0 Å². The molecule has 1 saturated heterocycles. The fraction of sp³-hybridized carbons (Fsp3) is 0.273. The molecule has 1 fully saturated rings. The highest BCUT2D eigenvalue weighted by Gasteiger charge is 2.23. The zero-order chi connectivity index (χ0) is 20.7. The van der Waals surface area contributed by atoms with Crippen LogP contribution in [0.2, 0.25) is 5.02 Å². The minimum atomic E-state index is 0.680. The molecule has 0 bridgehead atoms. The van der Waals surface area contributed by atoms with Gasteiger partial charge in [0.05, 0.1) is 30.4 Å². The molecule has 2 aromatic carbocycles. The molecule has 30 heavy (non-hydrogen) atoms. The zero-order valence-corrected chi connectivity index (χ0v) is 17.6. The number of aromatic amines is 1. The summed E-state index contributed by atoms with van der Waals surface area (Å²) < 4.78 is 10.9. The van der Waals surface area contributed by atoms with E-state index in [-0.39, 0.29) is 0 Å². The lowest BCUT2D eigenvalue weighted by Crippen LogP contribution is -2.47. The number of fused-ring (bicyclic) bond motifs is 3. The number of H-pyrrole nitrogens is 1. The Balaban J connectivity index is 1.49. The van der Waals surface area contributed by atoms with E-state index in [1.54, 1.807) is 20.5 Å². The van der Waals surface area contributed by atoms with Crippen LogP contribution in [0.1, 0.15) is 0 Å². The molecule has 7 nitrogen and oxygen atoms in total. The summed E-state index contributed by atoms with van der Waals surface area (Å²) in [4.78, 5) is 17.2. The monoisotopic (exact) mass is 423 g/mol. The number of methoxy groups -OCH3 is 2. The number of hydrogen-bond donors (Lipinski definition) is 1. The molecule has 4 aromatic rings. The van der Waals surface area contributed by atoms with Gasteiger partial charge in [0, 0.05) is 37.6 Å². The average molecular weight is 424 g/mol. The van der Waals surface area contributed by atoms with Gasteiger partial charge in [0.1, 0.15) is 17.4 Å². The van der Waals surface area contributed by atoms with Gasteiger partial charge in [-0.3, -0.25) is 0 Å². The molecular formula is C22H22ClN5O2. The van der Waals surface area contributed by atoms with E-state index in [2.05, 4.69) is 30.8 Å². The van der Waals surface area contributed by atoms with Crippen LogP contribution in [0.5, 0.6) is 11.5 Å². The lowest BCUT2D eigenvalue weighted by Gasteiger charge is -2.37. The smallest absolute Gasteiger partial charge is 0.162 e. The first kappa shape index (κ1) is 18.8. The molecule has 2 aromatic heterocycles. The van der Waals surface area contributed by atoms with Gasteiger partial charge in [-0.2, -0.15) is 0 Å². The predicted octanol–water partition coefficient (Wildman–Crippen LogP) is 4.11. The maximum absolute atomic E-state index is 6.38. The van der Waals surface area contributed by atoms with Crippen LogP contribution in [0.25, 0.3) is 21.9 Å². The number of aromatic nitrogens is 3. The fourth-order valence-electron chi connectivity index (χ4n) is 4.12. The Morgan fingerprint density at radius 1 is 0.933 bits per heavy atom. The second kappa shape index (κ2) is 7.57. The van der Waals surface area contributed by atoms with Crippen molar-refractivity contribution in [2.45, 2.75) is 0 Å². The van der Waals surface area contributed by atoms with Crippen molar-refractivity contribution in [3.63, 3.8) is 0 Å². The van der Waals surface area contributed by atoms with Crippen molar-refractivity contribution in [1.29, 1.82) is 0 Å². The first-order chi connectivity index (χ1) is 14.7. The number of piperazine rings is 1. The largest absolute Gasteiger partial charge is 0.493 e. The molecular weight excluding hydrogens is 402 g/mol. The Labute approximate surface area is 179 Å². The molecule has 3 heterocycles. The average Bonchev–Trinajstić information content (AvgIpc) is 3.16. The number of nitrogens with zero attached hydrogens (tertiary/aromatic N) is 4. The predicted molar refractivity (Wildman–Crippen MR) is 120 cm³/mol. The van der Waals surface area contributed by atoms with Gasteiger partial charge in [0.15, 0.2) is 17.3 Å². The van der Waals surface area contributed by atoms with Crippen LogP contribution in [0.3, 0.4) is 0 Å². The Morgan fingerprint density at radius 3 is 2.37 bits per heavy atom. The van der Waals surface area contributed by atoms with Gasteiger partial charge in [-0.1, -0.05) is 23.7 Å². The van der Waals surface area contributed by atoms with Gasteiger partial charge >= 0.3 is 0 Å². The standard InChI is InChI=1S/C22H22ClN5O2/c1-29-18-11-14-16(12-19(18)30-2)26-21-20(14)24-13-25-22(21)28-9-7-27(8-10-28)17-6-4-3-5-15(17)23/h3-6,11-13,26H,7-10H2,1-2H3. The third-order valence-electron chi connectivity index (χ3n) is 5.64. The quantitative estimate of drug-likeness (QED) is 0.533. The fourth-order valence-corrected chi connectivity index (χ4v) is 4.37. The first-order valence-electron chi connectivity index (χ1n) is 9.82. The lowest BCUT2D eigenvalue weighted by atomic mass is 10.2. The van der Waals surface area contributed by atoms with Crippen molar-refractivity contribution in [1.82, 2.24) is 15.0 Å². The molecule has 0 unspecified atom stereocenters. The van der Waals surface area contributed by atoms with Crippen molar-refractivity contribution >= 4 is 45.0 Å². The minimum Gasteiger partial charge on any atom is -0.493 e. The summed E-state index contributed by atoms with van der Waals surface area (Å²) in [5, 5.41) is 1.77. The van der Waals surface area contributed by atoms with Gasteiger partial charge in [-0.05, 0) is 18.2 Å². The molecule has 0 amide bonds. The summed E-state index contributed by atoms with van der Waals surface area (Å²) in [5.74, 6) is 2.27. The number of anilines is 2. The first-order valence-corrected chi connectivity index (χ1v) is 10.2. The van der Waals surface area contributed by atoms with Crippen LogP contribution >= 0.6 is 11.6 Å². The second-order valence-corrected chi connectivity index (χ2v) is 7.63. The number of hydrogen-bond acceptors (Lipinski definition) is 6. The summed E-state index contributed by atoms with van der Waals surface area (Å²) in [6, 6.07) is 11.9. The van der Waals surface area contributed by atoms with Crippen LogP contribution in [0.15, 0.2) is 42.7 Å². The Bertz CT molecular complexity index is 1220. The third kappa shape index (κ3) is 3.06. The SMILES string of the molecule is COc1cc2[nH]c3c(N4CCN(c5ccccc5Cl)CC4)ncnc3c2cc1OC. The Kier molecular flexibility index (Phi) is 4.75. The van der Waals surface area contributed by atoms with Crippen LogP contribution in [0, 0.1) is 0 Å². The third-order valence-corrected chi connectivity index (χ3v) is 5.96. The maximum Gasteiger partial charge on any atom is 0.162 e. The van der Waals surface area contributed by atoms with Gasteiger partial charge in [-0.25, -0.2) is 9.97 Å². The highest BCUT2D eigenvalue weighted by atomic mass is 35.5. The van der Waals surface area contributed by atoms with Crippen molar-refractivity contribution in [3.8, 4) is 11.5 Å². The van der Waals surface area contributed by atoms with E-state index in [1.165, 1.54) is 0 Å². The van der Waals surface area contributed by atoms with E-state index in [9.17, 15) is 0 Å². The van der Waals surface area contributed by atoms with E-state index in [0.717, 1.165) is 64.6 Å². The normalized spacial score (nSPS) is 14.5. The maximum atomic E-state index is 6.38. The minimum absolute atomic E-state index is 0.680. The van der Waals surface area contributed by atoms with Crippen molar-refractivity contribution < 1.29 is 9.47 Å². The lowest BCUT2D eigenvalue weighted by molar-refractivity contribution is 0.356. The molecule has 0 saturated carbocycles. The molecule has 0 aliphatic carbocycles. The number of halogens is 1. The topological polar surface area (TPSA) is 66.5 Å².